The minimum Gasteiger partial charge on any atom is -0.378 e. The Balaban J connectivity index is 1.86. The Morgan fingerprint density at radius 1 is 1.13 bits per heavy atom. The SMILES string of the molecule is CC1=C(NC(=O)c2ccccc2OS(=O)(=O)c2ccc(C)cc2)SC([N+](=O)[O-])=CCC1. The Kier molecular flexibility index (Phi) is 6.81. The molecule has 0 radical (unpaired) electrons. The van der Waals surface area contributed by atoms with E-state index >= 15 is 0 Å². The molecule has 0 bridgehead atoms. The van der Waals surface area contributed by atoms with E-state index in [0.717, 1.165) is 22.9 Å². The highest BCUT2D eigenvalue weighted by molar-refractivity contribution is 8.06. The van der Waals surface area contributed by atoms with Crippen molar-refractivity contribution in [2.24, 2.45) is 0 Å². The highest BCUT2D eigenvalue weighted by atomic mass is 32.2. The summed E-state index contributed by atoms with van der Waals surface area (Å²) in [4.78, 5) is 23.6. The summed E-state index contributed by atoms with van der Waals surface area (Å²) in [6.07, 6.45) is 2.56. The van der Waals surface area contributed by atoms with E-state index in [2.05, 4.69) is 5.32 Å². The third-order valence-corrected chi connectivity index (χ3v) is 6.91. The van der Waals surface area contributed by atoms with Gasteiger partial charge in [-0.3, -0.25) is 14.9 Å². The van der Waals surface area contributed by atoms with Crippen LogP contribution in [0, 0.1) is 17.0 Å². The van der Waals surface area contributed by atoms with Crippen LogP contribution < -0.4 is 9.50 Å². The van der Waals surface area contributed by atoms with Gasteiger partial charge in [0.15, 0.2) is 5.75 Å². The minimum absolute atomic E-state index is 0.00466. The van der Waals surface area contributed by atoms with E-state index in [1.54, 1.807) is 31.2 Å². The van der Waals surface area contributed by atoms with Crippen LogP contribution >= 0.6 is 11.8 Å². The molecule has 3 rings (SSSR count). The van der Waals surface area contributed by atoms with Crippen LogP contribution in [0.3, 0.4) is 0 Å². The van der Waals surface area contributed by atoms with Gasteiger partial charge in [0.2, 0.25) is 0 Å². The van der Waals surface area contributed by atoms with Crippen LogP contribution in [0.1, 0.15) is 35.7 Å². The number of hydrogen-bond acceptors (Lipinski definition) is 7. The van der Waals surface area contributed by atoms with Crippen LogP contribution in [0.2, 0.25) is 0 Å². The summed E-state index contributed by atoms with van der Waals surface area (Å²) in [6, 6.07) is 12.1. The van der Waals surface area contributed by atoms with Gasteiger partial charge in [-0.25, -0.2) is 0 Å². The number of thioether (sulfide) groups is 1. The fourth-order valence-corrected chi connectivity index (χ4v) is 4.62. The summed E-state index contributed by atoms with van der Waals surface area (Å²) >= 11 is 0.859. The number of carbonyl (C=O) groups is 1. The first-order valence-corrected chi connectivity index (χ1v) is 11.5. The van der Waals surface area contributed by atoms with Crippen molar-refractivity contribution in [1.29, 1.82) is 0 Å². The molecule has 0 saturated carbocycles. The number of carbonyl (C=O) groups excluding carboxylic acids is 1. The van der Waals surface area contributed by atoms with E-state index in [4.69, 9.17) is 4.18 Å². The lowest BCUT2D eigenvalue weighted by atomic mass is 10.1. The molecule has 162 valence electrons. The molecule has 0 aromatic heterocycles. The van der Waals surface area contributed by atoms with Crippen molar-refractivity contribution in [3.05, 3.63) is 91.5 Å². The number of para-hydroxylation sites is 1. The molecule has 31 heavy (non-hydrogen) atoms. The Hall–Kier alpha value is -3.11. The zero-order valence-corrected chi connectivity index (χ0v) is 18.5. The molecule has 10 heteroatoms. The number of nitrogens with zero attached hydrogens (tertiary/aromatic N) is 1. The topological polar surface area (TPSA) is 116 Å². The fraction of sp³-hybridized carbons (Fsp3) is 0.190. The number of allylic oxidation sites excluding steroid dienone is 2. The largest absolute Gasteiger partial charge is 0.378 e. The summed E-state index contributed by atoms with van der Waals surface area (Å²) in [5, 5.41) is 14.1. The van der Waals surface area contributed by atoms with E-state index in [-0.39, 0.29) is 21.2 Å². The van der Waals surface area contributed by atoms with Gasteiger partial charge in [-0.2, -0.15) is 8.42 Å². The molecular weight excluding hydrogens is 440 g/mol. The van der Waals surface area contributed by atoms with Crippen LogP contribution in [0.5, 0.6) is 5.75 Å². The van der Waals surface area contributed by atoms with Crippen molar-refractivity contribution in [2.75, 3.05) is 0 Å². The first-order chi connectivity index (χ1) is 14.7. The molecule has 8 nitrogen and oxygen atoms in total. The molecule has 0 atom stereocenters. The van der Waals surface area contributed by atoms with Gasteiger partial charge in [-0.05, 0) is 56.5 Å². The molecule has 1 aliphatic rings. The van der Waals surface area contributed by atoms with Crippen molar-refractivity contribution in [1.82, 2.24) is 5.32 Å². The molecule has 1 aliphatic heterocycles. The van der Waals surface area contributed by atoms with Gasteiger partial charge in [0.25, 0.3) is 5.91 Å². The zero-order chi connectivity index (χ0) is 22.6. The maximum atomic E-state index is 12.9. The van der Waals surface area contributed by atoms with Gasteiger partial charge in [-0.15, -0.1) is 0 Å². The van der Waals surface area contributed by atoms with Crippen molar-refractivity contribution >= 4 is 27.8 Å². The van der Waals surface area contributed by atoms with Crippen molar-refractivity contribution < 1.29 is 22.3 Å². The Morgan fingerprint density at radius 2 is 1.81 bits per heavy atom. The summed E-state index contributed by atoms with van der Waals surface area (Å²) in [5.41, 5.74) is 1.68. The highest BCUT2D eigenvalue weighted by Crippen LogP contribution is 2.33. The van der Waals surface area contributed by atoms with Gasteiger partial charge in [0.1, 0.15) is 4.90 Å². The second-order valence-corrected chi connectivity index (χ2v) is 9.43. The van der Waals surface area contributed by atoms with Crippen LogP contribution in [0.4, 0.5) is 0 Å². The van der Waals surface area contributed by atoms with Crippen LogP contribution in [-0.2, 0) is 10.1 Å². The van der Waals surface area contributed by atoms with Crippen molar-refractivity contribution in [3.8, 4) is 5.75 Å². The van der Waals surface area contributed by atoms with E-state index in [0.29, 0.717) is 17.9 Å². The summed E-state index contributed by atoms with van der Waals surface area (Å²) in [5.74, 6) is -0.761. The zero-order valence-electron chi connectivity index (χ0n) is 16.8. The van der Waals surface area contributed by atoms with Gasteiger partial charge in [0.05, 0.1) is 15.5 Å². The molecule has 0 unspecified atom stereocenters. The van der Waals surface area contributed by atoms with E-state index in [1.165, 1.54) is 30.3 Å². The number of benzene rings is 2. The summed E-state index contributed by atoms with van der Waals surface area (Å²) in [6.45, 7) is 3.61. The third-order valence-electron chi connectivity index (χ3n) is 4.48. The second-order valence-electron chi connectivity index (χ2n) is 6.85. The van der Waals surface area contributed by atoms with Gasteiger partial charge < -0.3 is 9.50 Å². The number of nitro groups is 1. The molecular formula is C21H20N2O6S2. The number of amides is 1. The third kappa shape index (κ3) is 5.53. The molecule has 0 saturated heterocycles. The van der Waals surface area contributed by atoms with Gasteiger partial charge in [-0.1, -0.05) is 29.8 Å². The molecule has 0 spiro atoms. The van der Waals surface area contributed by atoms with E-state index in [1.807, 2.05) is 6.92 Å². The monoisotopic (exact) mass is 460 g/mol. The Bertz CT molecular complexity index is 1180. The van der Waals surface area contributed by atoms with E-state index in [9.17, 15) is 23.3 Å². The fourth-order valence-electron chi connectivity index (χ4n) is 2.77. The minimum atomic E-state index is -4.15. The highest BCUT2D eigenvalue weighted by Gasteiger charge is 2.24. The molecule has 1 N–H and O–H groups in total. The maximum Gasteiger partial charge on any atom is 0.339 e. The van der Waals surface area contributed by atoms with Crippen LogP contribution in [0.15, 0.2) is 75.1 Å². The standard InChI is InChI=1S/C21H20N2O6S2/c1-14-10-12-16(13-11-14)31(27,28)29-18-8-4-3-7-17(18)20(24)22-21-15(2)6-5-9-19(30-21)23(25)26/h3-4,7-13H,5-6H2,1-2H3,(H,22,24). The number of nitrogens with one attached hydrogen (secondary N) is 1. The normalized spacial score (nSPS) is 14.5. The number of hydrogen-bond donors (Lipinski definition) is 1. The number of aryl methyl sites for hydroxylation is 1. The molecule has 2 aromatic carbocycles. The average Bonchev–Trinajstić information content (AvgIpc) is 2.90. The van der Waals surface area contributed by atoms with Crippen LogP contribution in [-0.4, -0.2) is 19.2 Å². The first-order valence-electron chi connectivity index (χ1n) is 9.31. The number of rotatable bonds is 6. The predicted molar refractivity (Wildman–Crippen MR) is 118 cm³/mol. The molecule has 0 aliphatic carbocycles. The lowest BCUT2D eigenvalue weighted by Gasteiger charge is -2.14. The smallest absolute Gasteiger partial charge is 0.339 e. The molecule has 1 amide bonds. The van der Waals surface area contributed by atoms with Crippen LogP contribution in [0.25, 0.3) is 0 Å². The lowest BCUT2D eigenvalue weighted by Crippen LogP contribution is -2.24. The molecule has 2 aromatic rings. The predicted octanol–water partition coefficient (Wildman–Crippen LogP) is 4.37. The lowest BCUT2D eigenvalue weighted by molar-refractivity contribution is -0.410. The average molecular weight is 461 g/mol. The van der Waals surface area contributed by atoms with Crippen molar-refractivity contribution in [2.45, 2.75) is 31.6 Å². The first kappa shape index (κ1) is 22.6. The Labute approximate surface area is 184 Å². The maximum absolute atomic E-state index is 12.9. The molecule has 0 fully saturated rings. The van der Waals surface area contributed by atoms with Gasteiger partial charge in [0, 0.05) is 17.8 Å². The van der Waals surface area contributed by atoms with E-state index < -0.39 is 20.9 Å². The Morgan fingerprint density at radius 3 is 2.48 bits per heavy atom. The summed E-state index contributed by atoms with van der Waals surface area (Å²) < 4.78 is 30.5. The van der Waals surface area contributed by atoms with Gasteiger partial charge >= 0.3 is 15.1 Å². The quantitative estimate of drug-likeness (QED) is 0.387. The summed E-state index contributed by atoms with van der Waals surface area (Å²) in [7, 11) is -4.15. The van der Waals surface area contributed by atoms with Crippen molar-refractivity contribution in [3.63, 3.8) is 0 Å². The molecule has 1 heterocycles. The second kappa shape index (κ2) is 9.36.